The number of aromatic nitrogens is 1. The summed E-state index contributed by atoms with van der Waals surface area (Å²) in [6.07, 6.45) is 0. The van der Waals surface area contributed by atoms with Crippen LogP contribution in [0.1, 0.15) is 5.56 Å². The Morgan fingerprint density at radius 3 is 2.50 bits per heavy atom. The van der Waals surface area contributed by atoms with E-state index in [-0.39, 0.29) is 11.3 Å². The van der Waals surface area contributed by atoms with Crippen LogP contribution in [0.4, 0.5) is 0 Å². The molecule has 0 bridgehead atoms. The molecule has 3 heterocycles. The predicted octanol–water partition coefficient (Wildman–Crippen LogP) is 3.84. The SMILES string of the molecule is Cc1cc(=O)oc2c1ccc1c2[nH]c2ccc3oc(=O)ccc3c21. The molecule has 2 aromatic carbocycles. The van der Waals surface area contributed by atoms with Gasteiger partial charge in [-0.05, 0) is 30.7 Å². The molecule has 0 aliphatic heterocycles. The average Bonchev–Trinajstić information content (AvgIpc) is 2.94. The first-order chi connectivity index (χ1) is 11.6. The lowest BCUT2D eigenvalue weighted by molar-refractivity contribution is 0.561. The molecular weight excluding hydrogens is 306 g/mol. The summed E-state index contributed by atoms with van der Waals surface area (Å²) in [7, 11) is 0. The Kier molecular flexibility index (Phi) is 2.38. The van der Waals surface area contributed by atoms with Crippen molar-refractivity contribution < 1.29 is 8.83 Å². The second-order valence-electron chi connectivity index (χ2n) is 5.89. The molecule has 24 heavy (non-hydrogen) atoms. The Balaban J connectivity index is 2.09. The van der Waals surface area contributed by atoms with E-state index in [0.29, 0.717) is 11.2 Å². The van der Waals surface area contributed by atoms with Gasteiger partial charge in [0.05, 0.1) is 5.52 Å². The van der Waals surface area contributed by atoms with Crippen LogP contribution in [0.15, 0.2) is 60.9 Å². The quantitative estimate of drug-likeness (QED) is 0.440. The molecule has 0 atom stereocenters. The van der Waals surface area contributed by atoms with E-state index in [1.165, 1.54) is 12.1 Å². The summed E-state index contributed by atoms with van der Waals surface area (Å²) < 4.78 is 10.7. The number of rotatable bonds is 0. The standard InChI is InChI=1S/C19H11NO4/c1-9-8-16(22)24-19-10(9)2-3-12-17-11-4-7-15(21)23-14(11)6-5-13(17)20-18(12)19/h2-8,20H,1H3. The lowest BCUT2D eigenvalue weighted by Gasteiger charge is -2.02. The molecule has 3 aromatic heterocycles. The first-order valence-corrected chi connectivity index (χ1v) is 7.53. The molecule has 0 spiro atoms. The number of aromatic amines is 1. The minimum Gasteiger partial charge on any atom is -0.423 e. The van der Waals surface area contributed by atoms with Gasteiger partial charge in [0.1, 0.15) is 5.58 Å². The maximum atomic E-state index is 11.8. The molecule has 116 valence electrons. The summed E-state index contributed by atoms with van der Waals surface area (Å²) in [6.45, 7) is 1.89. The third-order valence-corrected chi connectivity index (χ3v) is 4.45. The van der Waals surface area contributed by atoms with E-state index in [2.05, 4.69) is 4.98 Å². The monoisotopic (exact) mass is 317 g/mol. The molecule has 5 aromatic rings. The van der Waals surface area contributed by atoms with Gasteiger partial charge in [0.25, 0.3) is 0 Å². The van der Waals surface area contributed by atoms with Crippen LogP contribution in [-0.2, 0) is 0 Å². The molecule has 0 radical (unpaired) electrons. The van der Waals surface area contributed by atoms with Gasteiger partial charge in [0.2, 0.25) is 0 Å². The third kappa shape index (κ3) is 1.64. The molecular formula is C19H11NO4. The topological polar surface area (TPSA) is 76.2 Å². The fraction of sp³-hybridized carbons (Fsp3) is 0.0526. The highest BCUT2D eigenvalue weighted by Gasteiger charge is 2.14. The molecule has 0 amide bonds. The second kappa shape index (κ2) is 4.35. The van der Waals surface area contributed by atoms with Gasteiger partial charge < -0.3 is 13.8 Å². The number of hydrogen-bond acceptors (Lipinski definition) is 4. The summed E-state index contributed by atoms with van der Waals surface area (Å²) in [4.78, 5) is 26.6. The Morgan fingerprint density at radius 2 is 1.62 bits per heavy atom. The zero-order valence-corrected chi connectivity index (χ0v) is 12.7. The highest BCUT2D eigenvalue weighted by atomic mass is 16.4. The van der Waals surface area contributed by atoms with Crippen LogP contribution in [0.3, 0.4) is 0 Å². The fourth-order valence-corrected chi connectivity index (χ4v) is 3.39. The normalized spacial score (nSPS) is 11.9. The maximum absolute atomic E-state index is 11.8. The van der Waals surface area contributed by atoms with E-state index in [4.69, 9.17) is 8.83 Å². The second-order valence-corrected chi connectivity index (χ2v) is 5.89. The number of benzene rings is 2. The van der Waals surface area contributed by atoms with Crippen LogP contribution in [0, 0.1) is 6.92 Å². The van der Waals surface area contributed by atoms with Crippen molar-refractivity contribution in [1.29, 1.82) is 0 Å². The Morgan fingerprint density at radius 1 is 0.833 bits per heavy atom. The highest BCUT2D eigenvalue weighted by molar-refractivity contribution is 6.23. The number of hydrogen-bond donors (Lipinski definition) is 1. The number of H-pyrrole nitrogens is 1. The van der Waals surface area contributed by atoms with Crippen molar-refractivity contribution in [2.45, 2.75) is 6.92 Å². The molecule has 0 saturated carbocycles. The summed E-state index contributed by atoms with van der Waals surface area (Å²) >= 11 is 0. The molecule has 5 heteroatoms. The lowest BCUT2D eigenvalue weighted by Crippen LogP contribution is -1.97. The van der Waals surface area contributed by atoms with Gasteiger partial charge in [-0.15, -0.1) is 0 Å². The fourth-order valence-electron chi connectivity index (χ4n) is 3.39. The Hall–Kier alpha value is -3.34. The highest BCUT2D eigenvalue weighted by Crippen LogP contribution is 2.35. The summed E-state index contributed by atoms with van der Waals surface area (Å²) in [5, 5.41) is 3.60. The molecule has 0 saturated heterocycles. The van der Waals surface area contributed by atoms with Crippen molar-refractivity contribution in [3.05, 3.63) is 68.9 Å². The number of nitrogens with one attached hydrogen (secondary N) is 1. The molecule has 0 unspecified atom stereocenters. The van der Waals surface area contributed by atoms with Crippen LogP contribution >= 0.6 is 0 Å². The average molecular weight is 317 g/mol. The van der Waals surface area contributed by atoms with Crippen molar-refractivity contribution in [2.24, 2.45) is 0 Å². The van der Waals surface area contributed by atoms with Crippen molar-refractivity contribution in [2.75, 3.05) is 0 Å². The van der Waals surface area contributed by atoms with E-state index in [9.17, 15) is 9.59 Å². The van der Waals surface area contributed by atoms with Gasteiger partial charge in [-0.1, -0.05) is 12.1 Å². The molecule has 5 rings (SSSR count). The summed E-state index contributed by atoms with van der Waals surface area (Å²) in [5.41, 5.74) is 2.85. The molecule has 0 fully saturated rings. The number of fused-ring (bicyclic) bond motifs is 7. The van der Waals surface area contributed by atoms with Crippen molar-refractivity contribution >= 4 is 43.7 Å². The van der Waals surface area contributed by atoms with Gasteiger partial charge in [-0.25, -0.2) is 9.59 Å². The van der Waals surface area contributed by atoms with E-state index in [1.54, 1.807) is 12.1 Å². The molecule has 0 aliphatic rings. The smallest absolute Gasteiger partial charge is 0.336 e. The number of aryl methyl sites for hydroxylation is 1. The first kappa shape index (κ1) is 13.1. The van der Waals surface area contributed by atoms with Crippen LogP contribution in [0.25, 0.3) is 43.7 Å². The van der Waals surface area contributed by atoms with E-state index < -0.39 is 0 Å². The summed E-state index contributed by atoms with van der Waals surface area (Å²) in [5.74, 6) is 0. The van der Waals surface area contributed by atoms with Crippen LogP contribution in [-0.4, -0.2) is 4.98 Å². The van der Waals surface area contributed by atoms with E-state index in [0.717, 1.165) is 38.1 Å². The lowest BCUT2D eigenvalue weighted by atomic mass is 10.1. The van der Waals surface area contributed by atoms with Gasteiger partial charge in [-0.2, -0.15) is 0 Å². The summed E-state index contributed by atoms with van der Waals surface area (Å²) in [6, 6.07) is 12.2. The third-order valence-electron chi connectivity index (χ3n) is 4.45. The van der Waals surface area contributed by atoms with Crippen molar-refractivity contribution in [1.82, 2.24) is 4.98 Å². The minimum absolute atomic E-state index is 0.373. The van der Waals surface area contributed by atoms with Crippen molar-refractivity contribution in [3.8, 4) is 0 Å². The molecule has 5 nitrogen and oxygen atoms in total. The van der Waals surface area contributed by atoms with Crippen molar-refractivity contribution in [3.63, 3.8) is 0 Å². The van der Waals surface area contributed by atoms with Gasteiger partial charge in [0.15, 0.2) is 5.58 Å². The van der Waals surface area contributed by atoms with Gasteiger partial charge in [0, 0.05) is 39.2 Å². The van der Waals surface area contributed by atoms with Gasteiger partial charge in [-0.3, -0.25) is 0 Å². The Labute approximate surface area is 134 Å². The van der Waals surface area contributed by atoms with E-state index in [1.807, 2.05) is 25.1 Å². The first-order valence-electron chi connectivity index (χ1n) is 7.53. The Bertz CT molecular complexity index is 1400. The minimum atomic E-state index is -0.381. The van der Waals surface area contributed by atoms with Crippen LogP contribution in [0.2, 0.25) is 0 Å². The molecule has 0 aliphatic carbocycles. The zero-order chi connectivity index (χ0) is 16.4. The molecule has 1 N–H and O–H groups in total. The zero-order valence-electron chi connectivity index (χ0n) is 12.7. The maximum Gasteiger partial charge on any atom is 0.336 e. The van der Waals surface area contributed by atoms with Gasteiger partial charge >= 0.3 is 11.3 Å². The van der Waals surface area contributed by atoms with Crippen LogP contribution in [0.5, 0.6) is 0 Å². The van der Waals surface area contributed by atoms with Crippen LogP contribution < -0.4 is 11.3 Å². The largest absolute Gasteiger partial charge is 0.423 e. The predicted molar refractivity (Wildman–Crippen MR) is 92.6 cm³/mol. The van der Waals surface area contributed by atoms with E-state index >= 15 is 0 Å².